The van der Waals surface area contributed by atoms with Gasteiger partial charge in [-0.05, 0) is 37.5 Å². The predicted octanol–water partition coefficient (Wildman–Crippen LogP) is 5.23. The number of hydrogen-bond donors (Lipinski definition) is 0. The van der Waals surface area contributed by atoms with E-state index < -0.39 is 34.5 Å². The van der Waals surface area contributed by atoms with E-state index in [9.17, 15) is 24.5 Å². The molecule has 0 amide bonds. The zero-order valence-electron chi connectivity index (χ0n) is 22.3. The molecule has 40 heavy (non-hydrogen) atoms. The second kappa shape index (κ2) is 10.5. The molecule has 0 spiro atoms. The lowest BCUT2D eigenvalue weighted by atomic mass is 9.73. The second-order valence-electron chi connectivity index (χ2n) is 9.56. The van der Waals surface area contributed by atoms with Gasteiger partial charge in [0.1, 0.15) is 5.54 Å². The third kappa shape index (κ3) is 3.93. The number of carbonyl (C=O) groups is 3. The molecule has 0 saturated heterocycles. The van der Waals surface area contributed by atoms with Crippen LogP contribution in [0.15, 0.2) is 90.0 Å². The number of benzene rings is 3. The van der Waals surface area contributed by atoms with Crippen molar-refractivity contribution in [3.8, 4) is 0 Å². The molecule has 3 aromatic rings. The summed E-state index contributed by atoms with van der Waals surface area (Å²) in [5, 5.41) is 11.3. The van der Waals surface area contributed by atoms with E-state index in [0.29, 0.717) is 22.3 Å². The first kappa shape index (κ1) is 27.0. The second-order valence-corrected chi connectivity index (χ2v) is 9.56. The first-order valence-electron chi connectivity index (χ1n) is 13.1. The number of rotatable bonds is 8. The van der Waals surface area contributed by atoms with Crippen molar-refractivity contribution in [2.75, 3.05) is 13.2 Å². The van der Waals surface area contributed by atoms with E-state index in [2.05, 4.69) is 0 Å². The minimum Gasteiger partial charge on any atom is -0.463 e. The van der Waals surface area contributed by atoms with Gasteiger partial charge in [0, 0.05) is 23.7 Å². The summed E-state index contributed by atoms with van der Waals surface area (Å²) < 4.78 is 11.0. The molecule has 204 valence electrons. The Morgan fingerprint density at radius 3 is 2.15 bits per heavy atom. The highest BCUT2D eigenvalue weighted by molar-refractivity contribution is 6.19. The maximum atomic E-state index is 14.8. The van der Waals surface area contributed by atoms with Gasteiger partial charge in [0.05, 0.1) is 35.3 Å². The van der Waals surface area contributed by atoms with Crippen LogP contribution in [0.1, 0.15) is 59.9 Å². The Labute approximate surface area is 231 Å². The van der Waals surface area contributed by atoms with Crippen molar-refractivity contribution in [1.82, 2.24) is 4.90 Å². The SMILES string of the molecule is CCOC(=O)C1=C(C(=O)OCC)[C@]2(c3ccccc3)C(=O)c3ccccc3[C@H]1N2[C@@H](C)c1ccc([N+](=O)[O-])cc1. The molecule has 9 nitrogen and oxygen atoms in total. The van der Waals surface area contributed by atoms with E-state index in [1.807, 2.05) is 11.8 Å². The summed E-state index contributed by atoms with van der Waals surface area (Å²) in [5.41, 5.74) is 0.298. The number of non-ortho nitro benzene ring substituents is 1. The van der Waals surface area contributed by atoms with Crippen LogP contribution in [0.3, 0.4) is 0 Å². The standard InChI is InChI=1S/C31H28N2O7/c1-4-39-29(35)25-26(30(36)40-5-2)31(21-11-7-6-8-12-21)28(34)24-14-10-9-13-23(24)27(25)32(31)19(3)20-15-17-22(18-16-20)33(37)38/h6-19,27H,4-5H2,1-3H3/t19-,27+,31+/m0/s1. The van der Waals surface area contributed by atoms with Gasteiger partial charge in [-0.3, -0.25) is 19.8 Å². The van der Waals surface area contributed by atoms with E-state index in [-0.39, 0.29) is 35.8 Å². The highest BCUT2D eigenvalue weighted by atomic mass is 16.6. The van der Waals surface area contributed by atoms with Crippen molar-refractivity contribution in [2.45, 2.75) is 38.4 Å². The van der Waals surface area contributed by atoms with Gasteiger partial charge in [0.2, 0.25) is 0 Å². The van der Waals surface area contributed by atoms with Crippen LogP contribution < -0.4 is 0 Å². The van der Waals surface area contributed by atoms with Crippen molar-refractivity contribution in [2.24, 2.45) is 0 Å². The van der Waals surface area contributed by atoms with Crippen LogP contribution in [0, 0.1) is 10.1 Å². The molecule has 3 aromatic carbocycles. The number of nitrogens with zero attached hydrogens (tertiary/aromatic N) is 2. The van der Waals surface area contributed by atoms with Gasteiger partial charge in [-0.2, -0.15) is 0 Å². The molecule has 0 radical (unpaired) electrons. The number of nitro benzene ring substituents is 1. The summed E-state index contributed by atoms with van der Waals surface area (Å²) in [6, 6.07) is 20.5. The molecule has 0 aromatic heterocycles. The summed E-state index contributed by atoms with van der Waals surface area (Å²) in [6.45, 7) is 5.29. The number of nitro groups is 1. The largest absolute Gasteiger partial charge is 0.463 e. The summed E-state index contributed by atoms with van der Waals surface area (Å²) in [7, 11) is 0. The molecule has 0 saturated carbocycles. The van der Waals surface area contributed by atoms with Gasteiger partial charge in [-0.15, -0.1) is 0 Å². The minimum absolute atomic E-state index is 0.0347. The van der Waals surface area contributed by atoms with Gasteiger partial charge in [-0.1, -0.05) is 66.7 Å². The average molecular weight is 541 g/mol. The predicted molar refractivity (Wildman–Crippen MR) is 145 cm³/mol. The molecular weight excluding hydrogens is 512 g/mol. The van der Waals surface area contributed by atoms with Crippen molar-refractivity contribution in [3.63, 3.8) is 0 Å². The normalized spacial score (nSPS) is 20.6. The number of hydrogen-bond acceptors (Lipinski definition) is 8. The molecule has 0 N–H and O–H groups in total. The van der Waals surface area contributed by atoms with Crippen molar-refractivity contribution < 1.29 is 28.8 Å². The lowest BCUT2D eigenvalue weighted by Gasteiger charge is -2.48. The van der Waals surface area contributed by atoms with Crippen molar-refractivity contribution in [3.05, 3.63) is 122 Å². The number of ether oxygens (including phenoxy) is 2. The van der Waals surface area contributed by atoms with Crippen LogP contribution >= 0.6 is 0 Å². The van der Waals surface area contributed by atoms with Crippen molar-refractivity contribution >= 4 is 23.4 Å². The van der Waals surface area contributed by atoms with Gasteiger partial charge in [0.25, 0.3) is 5.69 Å². The van der Waals surface area contributed by atoms with Gasteiger partial charge >= 0.3 is 11.9 Å². The third-order valence-corrected chi connectivity index (χ3v) is 7.57. The first-order chi connectivity index (χ1) is 19.3. The zero-order valence-corrected chi connectivity index (χ0v) is 22.3. The monoisotopic (exact) mass is 540 g/mol. The molecule has 0 unspecified atom stereocenters. The highest BCUT2D eigenvalue weighted by Crippen LogP contribution is 2.61. The fourth-order valence-electron chi connectivity index (χ4n) is 6.00. The number of carbonyl (C=O) groups excluding carboxylic acids is 3. The van der Waals surface area contributed by atoms with Crippen LogP contribution in [-0.4, -0.2) is 40.8 Å². The quantitative estimate of drug-likeness (QED) is 0.217. The number of esters is 2. The lowest BCUT2D eigenvalue weighted by Crippen LogP contribution is -2.55. The number of Topliss-reactive ketones (excluding diaryl/α,β-unsaturated/α-hetero) is 1. The fourth-order valence-corrected chi connectivity index (χ4v) is 6.00. The van der Waals surface area contributed by atoms with E-state index >= 15 is 0 Å². The summed E-state index contributed by atoms with van der Waals surface area (Å²) in [4.78, 5) is 55.1. The van der Waals surface area contributed by atoms with Gasteiger partial charge < -0.3 is 9.47 Å². The van der Waals surface area contributed by atoms with Crippen LogP contribution in [0.5, 0.6) is 0 Å². The van der Waals surface area contributed by atoms with Crippen LogP contribution in [0.25, 0.3) is 0 Å². The maximum Gasteiger partial charge on any atom is 0.337 e. The highest BCUT2D eigenvalue weighted by Gasteiger charge is 2.66. The molecule has 5 rings (SSSR count). The zero-order chi connectivity index (χ0) is 28.6. The van der Waals surface area contributed by atoms with E-state index in [0.717, 1.165) is 0 Å². The lowest BCUT2D eigenvalue weighted by molar-refractivity contribution is -0.384. The molecule has 2 aliphatic heterocycles. The van der Waals surface area contributed by atoms with Crippen LogP contribution in [0.4, 0.5) is 5.69 Å². The van der Waals surface area contributed by atoms with Crippen molar-refractivity contribution in [1.29, 1.82) is 0 Å². The Kier molecular flexibility index (Phi) is 7.08. The summed E-state index contributed by atoms with van der Waals surface area (Å²) >= 11 is 0. The summed E-state index contributed by atoms with van der Waals surface area (Å²) in [6.07, 6.45) is 0. The van der Waals surface area contributed by atoms with Gasteiger partial charge in [0.15, 0.2) is 5.78 Å². The maximum absolute atomic E-state index is 14.8. The van der Waals surface area contributed by atoms with E-state index in [1.54, 1.807) is 80.6 Å². The van der Waals surface area contributed by atoms with Crippen LogP contribution in [-0.2, 0) is 24.6 Å². The molecule has 3 atom stereocenters. The summed E-state index contributed by atoms with van der Waals surface area (Å²) in [5.74, 6) is -1.86. The Hall–Kier alpha value is -4.63. The molecule has 9 heteroatoms. The molecule has 2 aliphatic rings. The Balaban J connectivity index is 1.88. The van der Waals surface area contributed by atoms with Gasteiger partial charge in [-0.25, -0.2) is 9.59 Å². The topological polar surface area (TPSA) is 116 Å². The molecule has 0 fully saturated rings. The average Bonchev–Trinajstić information content (AvgIpc) is 3.25. The minimum atomic E-state index is -1.73. The smallest absolute Gasteiger partial charge is 0.337 e. The number of ketones is 1. The third-order valence-electron chi connectivity index (χ3n) is 7.57. The Morgan fingerprint density at radius 2 is 1.52 bits per heavy atom. The van der Waals surface area contributed by atoms with E-state index in [1.165, 1.54) is 12.1 Å². The first-order valence-corrected chi connectivity index (χ1v) is 13.1. The molecule has 0 aliphatic carbocycles. The Morgan fingerprint density at radius 1 is 0.925 bits per heavy atom. The fraction of sp³-hybridized carbons (Fsp3) is 0.258. The molecule has 2 bridgehead atoms. The Bertz CT molecular complexity index is 1530. The van der Waals surface area contributed by atoms with E-state index in [4.69, 9.17) is 9.47 Å². The molecular formula is C31H28N2O7. The van der Waals surface area contributed by atoms with Crippen LogP contribution in [0.2, 0.25) is 0 Å². The molecule has 2 heterocycles. The number of fused-ring (bicyclic) bond motifs is 4.